The molecule has 17 heavy (non-hydrogen) atoms. The van der Waals surface area contributed by atoms with Gasteiger partial charge in [-0.1, -0.05) is 0 Å². The van der Waals surface area contributed by atoms with Crippen LogP contribution in [-0.4, -0.2) is 62.5 Å². The zero-order chi connectivity index (χ0) is 11.7. The van der Waals surface area contributed by atoms with Crippen LogP contribution in [0.5, 0.6) is 0 Å². The summed E-state index contributed by atoms with van der Waals surface area (Å²) in [5.74, 6) is 0. The average Bonchev–Trinajstić information content (AvgIpc) is 2.89. The van der Waals surface area contributed by atoms with E-state index in [0.29, 0.717) is 12.1 Å². The van der Waals surface area contributed by atoms with Crippen LogP contribution < -0.4 is 5.32 Å². The maximum atomic E-state index is 5.97. The van der Waals surface area contributed by atoms with Crippen molar-refractivity contribution >= 4 is 0 Å². The lowest BCUT2D eigenvalue weighted by Gasteiger charge is -2.38. The van der Waals surface area contributed by atoms with Gasteiger partial charge in [-0.25, -0.2) is 0 Å². The number of nitrogens with zero attached hydrogens (tertiary/aromatic N) is 1. The lowest BCUT2D eigenvalue weighted by molar-refractivity contribution is -0.0902. The molecule has 98 valence electrons. The van der Waals surface area contributed by atoms with Gasteiger partial charge in [-0.15, -0.1) is 0 Å². The van der Waals surface area contributed by atoms with Gasteiger partial charge in [0.15, 0.2) is 0 Å². The molecule has 3 aliphatic rings. The van der Waals surface area contributed by atoms with Crippen molar-refractivity contribution in [3.8, 4) is 0 Å². The van der Waals surface area contributed by atoms with Gasteiger partial charge in [-0.05, 0) is 32.9 Å². The molecule has 1 spiro atoms. The predicted octanol–water partition coefficient (Wildman–Crippen LogP) is 0.618. The van der Waals surface area contributed by atoms with Crippen molar-refractivity contribution in [1.29, 1.82) is 0 Å². The minimum atomic E-state index is 0.0421. The molecule has 1 N–H and O–H groups in total. The number of likely N-dealkylation sites (tertiary alicyclic amines) is 1. The summed E-state index contributed by atoms with van der Waals surface area (Å²) in [6, 6.07) is 1.31. The second-order valence-corrected chi connectivity index (χ2v) is 5.94. The van der Waals surface area contributed by atoms with Crippen LogP contribution in [-0.2, 0) is 9.47 Å². The van der Waals surface area contributed by atoms with Crippen LogP contribution in [0.15, 0.2) is 0 Å². The Labute approximate surface area is 104 Å². The van der Waals surface area contributed by atoms with E-state index in [0.717, 1.165) is 39.1 Å². The summed E-state index contributed by atoms with van der Waals surface area (Å²) in [4.78, 5) is 2.41. The van der Waals surface area contributed by atoms with Crippen LogP contribution >= 0.6 is 0 Å². The maximum absolute atomic E-state index is 5.97. The van der Waals surface area contributed by atoms with E-state index in [4.69, 9.17) is 9.47 Å². The van der Waals surface area contributed by atoms with Gasteiger partial charge in [0, 0.05) is 38.3 Å². The van der Waals surface area contributed by atoms with Crippen molar-refractivity contribution in [1.82, 2.24) is 10.2 Å². The van der Waals surface area contributed by atoms with Crippen LogP contribution in [0.1, 0.15) is 25.7 Å². The molecule has 3 rings (SSSR count). The molecule has 0 aliphatic carbocycles. The minimum absolute atomic E-state index is 0.0421. The number of hydrogen-bond donors (Lipinski definition) is 1. The number of rotatable bonds is 2. The van der Waals surface area contributed by atoms with Crippen molar-refractivity contribution in [2.45, 2.75) is 43.4 Å². The lowest BCUT2D eigenvalue weighted by atomic mass is 9.89. The second-order valence-electron chi connectivity index (χ2n) is 5.94. The fourth-order valence-corrected chi connectivity index (χ4v) is 3.44. The van der Waals surface area contributed by atoms with Gasteiger partial charge < -0.3 is 19.7 Å². The highest BCUT2D eigenvalue weighted by molar-refractivity contribution is 4.94. The Morgan fingerprint density at radius 3 is 2.88 bits per heavy atom. The third-order valence-corrected chi connectivity index (χ3v) is 4.42. The molecule has 3 fully saturated rings. The van der Waals surface area contributed by atoms with E-state index >= 15 is 0 Å². The van der Waals surface area contributed by atoms with Crippen molar-refractivity contribution in [3.05, 3.63) is 0 Å². The van der Waals surface area contributed by atoms with Gasteiger partial charge >= 0.3 is 0 Å². The van der Waals surface area contributed by atoms with Crippen molar-refractivity contribution in [2.24, 2.45) is 0 Å². The third kappa shape index (κ3) is 2.65. The van der Waals surface area contributed by atoms with Gasteiger partial charge in [0.05, 0.1) is 12.2 Å². The molecule has 3 heterocycles. The van der Waals surface area contributed by atoms with Crippen LogP contribution in [0.4, 0.5) is 0 Å². The summed E-state index contributed by atoms with van der Waals surface area (Å²) in [6.45, 7) is 4.99. The molecule has 3 unspecified atom stereocenters. The van der Waals surface area contributed by atoms with E-state index < -0.39 is 0 Å². The molecule has 0 bridgehead atoms. The highest BCUT2D eigenvalue weighted by atomic mass is 16.6. The quantitative estimate of drug-likeness (QED) is 0.767. The van der Waals surface area contributed by atoms with Crippen molar-refractivity contribution in [2.75, 3.05) is 40.0 Å². The molecule has 3 aliphatic heterocycles. The molecule has 0 amide bonds. The van der Waals surface area contributed by atoms with Crippen molar-refractivity contribution < 1.29 is 9.47 Å². The summed E-state index contributed by atoms with van der Waals surface area (Å²) in [5.41, 5.74) is 0.0421. The van der Waals surface area contributed by atoms with Crippen LogP contribution in [0.2, 0.25) is 0 Å². The van der Waals surface area contributed by atoms with Gasteiger partial charge in [0.2, 0.25) is 0 Å². The Balaban J connectivity index is 1.53. The highest BCUT2D eigenvalue weighted by Gasteiger charge is 2.41. The van der Waals surface area contributed by atoms with E-state index in [1.54, 1.807) is 0 Å². The predicted molar refractivity (Wildman–Crippen MR) is 66.2 cm³/mol. The topological polar surface area (TPSA) is 33.7 Å². The monoisotopic (exact) mass is 240 g/mol. The van der Waals surface area contributed by atoms with E-state index in [1.165, 1.54) is 19.5 Å². The number of hydrogen-bond acceptors (Lipinski definition) is 4. The molecule has 3 saturated heterocycles. The van der Waals surface area contributed by atoms with E-state index in [2.05, 4.69) is 17.3 Å². The fraction of sp³-hybridized carbons (Fsp3) is 1.00. The Morgan fingerprint density at radius 1 is 1.24 bits per heavy atom. The molecular weight excluding hydrogens is 216 g/mol. The molecule has 0 radical (unpaired) electrons. The van der Waals surface area contributed by atoms with Crippen LogP contribution in [0.3, 0.4) is 0 Å². The number of nitrogens with one attached hydrogen (secondary N) is 1. The second kappa shape index (κ2) is 4.84. The van der Waals surface area contributed by atoms with Gasteiger partial charge in [0.1, 0.15) is 0 Å². The Bertz CT molecular complexity index is 266. The summed E-state index contributed by atoms with van der Waals surface area (Å²) in [7, 11) is 2.21. The first-order valence-electron chi connectivity index (χ1n) is 6.92. The first-order valence-corrected chi connectivity index (χ1v) is 6.92. The molecule has 0 aromatic rings. The van der Waals surface area contributed by atoms with E-state index in [1.807, 2.05) is 0 Å². The SMILES string of the molecule is CN1CCC(NC2CCOC3(CCOC3)C2)C1. The normalized spacial score (nSPS) is 43.6. The number of likely N-dealkylation sites (N-methyl/N-ethyl adjacent to an activating group) is 1. The van der Waals surface area contributed by atoms with Crippen LogP contribution in [0.25, 0.3) is 0 Å². The zero-order valence-electron chi connectivity index (χ0n) is 10.8. The molecule has 0 aromatic heterocycles. The molecular formula is C13H24N2O2. The Kier molecular flexibility index (Phi) is 3.39. The smallest absolute Gasteiger partial charge is 0.0951 e. The van der Waals surface area contributed by atoms with Gasteiger partial charge in [-0.3, -0.25) is 0 Å². The summed E-state index contributed by atoms with van der Waals surface area (Å²) in [5, 5.41) is 3.82. The summed E-state index contributed by atoms with van der Waals surface area (Å²) >= 11 is 0. The zero-order valence-corrected chi connectivity index (χ0v) is 10.8. The fourth-order valence-electron chi connectivity index (χ4n) is 3.44. The molecule has 0 aromatic carbocycles. The first kappa shape index (κ1) is 11.9. The Hall–Kier alpha value is -0.160. The molecule has 0 saturated carbocycles. The molecule has 3 atom stereocenters. The van der Waals surface area contributed by atoms with Gasteiger partial charge in [-0.2, -0.15) is 0 Å². The standard InChI is InChI=1S/C13H24N2O2/c1-15-5-2-12(9-15)14-11-3-6-17-13(8-11)4-7-16-10-13/h11-12,14H,2-10H2,1H3. The first-order chi connectivity index (χ1) is 8.26. The van der Waals surface area contributed by atoms with Gasteiger partial charge in [0.25, 0.3) is 0 Å². The minimum Gasteiger partial charge on any atom is -0.378 e. The average molecular weight is 240 g/mol. The van der Waals surface area contributed by atoms with E-state index in [9.17, 15) is 0 Å². The van der Waals surface area contributed by atoms with Crippen LogP contribution in [0, 0.1) is 0 Å². The van der Waals surface area contributed by atoms with Crippen molar-refractivity contribution in [3.63, 3.8) is 0 Å². The number of ether oxygens (including phenoxy) is 2. The molecule has 4 heteroatoms. The summed E-state index contributed by atoms with van der Waals surface area (Å²) < 4.78 is 11.5. The van der Waals surface area contributed by atoms with E-state index in [-0.39, 0.29) is 5.60 Å². The largest absolute Gasteiger partial charge is 0.378 e. The Morgan fingerprint density at radius 2 is 2.18 bits per heavy atom. The maximum Gasteiger partial charge on any atom is 0.0951 e. The summed E-state index contributed by atoms with van der Waals surface area (Å²) in [6.07, 6.45) is 4.66. The highest BCUT2D eigenvalue weighted by Crippen LogP contribution is 2.33. The third-order valence-electron chi connectivity index (χ3n) is 4.42. The lowest BCUT2D eigenvalue weighted by Crippen LogP contribution is -2.50. The molecule has 4 nitrogen and oxygen atoms in total.